The zero-order valence-electron chi connectivity index (χ0n) is 15.6. The number of piperidine rings is 1. The number of hydrogen-bond acceptors (Lipinski definition) is 4. The number of benzene rings is 2. The summed E-state index contributed by atoms with van der Waals surface area (Å²) in [6.07, 6.45) is 1.27. The van der Waals surface area contributed by atoms with Crippen LogP contribution in [0.25, 0.3) is 0 Å². The summed E-state index contributed by atoms with van der Waals surface area (Å²) in [5, 5.41) is 3.30. The molecule has 1 saturated heterocycles. The van der Waals surface area contributed by atoms with E-state index in [0.717, 1.165) is 5.56 Å². The highest BCUT2D eigenvalue weighted by atomic mass is 35.5. The van der Waals surface area contributed by atoms with E-state index >= 15 is 0 Å². The van der Waals surface area contributed by atoms with Gasteiger partial charge in [-0.05, 0) is 36.6 Å². The molecule has 1 aliphatic heterocycles. The lowest BCUT2D eigenvalue weighted by Gasteiger charge is -2.31. The first-order chi connectivity index (χ1) is 13.4. The van der Waals surface area contributed by atoms with Gasteiger partial charge in [0.2, 0.25) is 15.9 Å². The van der Waals surface area contributed by atoms with Gasteiger partial charge >= 0.3 is 0 Å². The van der Waals surface area contributed by atoms with Gasteiger partial charge in [0, 0.05) is 18.1 Å². The molecule has 3 rings (SSSR count). The first-order valence-electron chi connectivity index (χ1n) is 9.05. The molecule has 2 aromatic rings. The highest BCUT2D eigenvalue weighted by Crippen LogP contribution is 2.29. The molecule has 1 N–H and O–H groups in total. The maximum atomic E-state index is 12.8. The first kappa shape index (κ1) is 20.6. The molecule has 2 aromatic carbocycles. The van der Waals surface area contributed by atoms with Crippen molar-refractivity contribution in [2.45, 2.75) is 18.6 Å². The van der Waals surface area contributed by atoms with Crippen LogP contribution in [0.4, 0.5) is 5.69 Å². The van der Waals surface area contributed by atoms with Crippen molar-refractivity contribution in [2.75, 3.05) is 25.5 Å². The fraction of sp³-hybridized carbons (Fsp3) is 0.350. The number of rotatable bonds is 6. The van der Waals surface area contributed by atoms with Crippen LogP contribution in [0.1, 0.15) is 18.4 Å². The summed E-state index contributed by atoms with van der Waals surface area (Å²) in [6, 6.07) is 14.0. The lowest BCUT2D eigenvalue weighted by molar-refractivity contribution is -0.120. The standard InChI is InChI=1S/C20H23ClN2O4S/c1-27-19-10-9-17(21)12-18(19)22-20(24)16-8-5-11-23(13-16)28(25,26)14-15-6-3-2-4-7-15/h2-4,6-7,9-10,12,16H,5,8,11,13-14H2,1H3,(H,22,24). The van der Waals surface area contributed by atoms with Crippen molar-refractivity contribution in [3.63, 3.8) is 0 Å². The summed E-state index contributed by atoms with van der Waals surface area (Å²) in [7, 11) is -1.98. The molecule has 0 aliphatic carbocycles. The molecule has 0 aromatic heterocycles. The first-order valence-corrected chi connectivity index (χ1v) is 11.0. The van der Waals surface area contributed by atoms with E-state index in [-0.39, 0.29) is 18.2 Å². The minimum absolute atomic E-state index is 0.0652. The maximum Gasteiger partial charge on any atom is 0.228 e. The number of carbonyl (C=O) groups is 1. The Balaban J connectivity index is 1.69. The van der Waals surface area contributed by atoms with Gasteiger partial charge in [-0.3, -0.25) is 4.79 Å². The molecule has 6 nitrogen and oxygen atoms in total. The lowest BCUT2D eigenvalue weighted by Crippen LogP contribution is -2.44. The second kappa shape index (κ2) is 8.94. The SMILES string of the molecule is COc1ccc(Cl)cc1NC(=O)C1CCCN(S(=O)(=O)Cc2ccccc2)C1. The number of hydrogen-bond donors (Lipinski definition) is 1. The number of nitrogens with zero attached hydrogens (tertiary/aromatic N) is 1. The van der Waals surface area contributed by atoms with Crippen LogP contribution in [0.5, 0.6) is 5.75 Å². The molecule has 1 heterocycles. The molecule has 0 saturated carbocycles. The molecule has 1 atom stereocenters. The molecular weight excluding hydrogens is 400 g/mol. The summed E-state index contributed by atoms with van der Waals surface area (Å²) in [5.41, 5.74) is 1.21. The van der Waals surface area contributed by atoms with Crippen LogP contribution in [-0.2, 0) is 20.6 Å². The quantitative estimate of drug-likeness (QED) is 0.772. The van der Waals surface area contributed by atoms with Gasteiger partial charge in [-0.2, -0.15) is 0 Å². The molecule has 28 heavy (non-hydrogen) atoms. The van der Waals surface area contributed by atoms with Gasteiger partial charge in [0.1, 0.15) is 5.75 Å². The minimum atomic E-state index is -3.49. The second-order valence-corrected chi connectivity index (χ2v) is 9.18. The zero-order valence-corrected chi connectivity index (χ0v) is 17.2. The monoisotopic (exact) mass is 422 g/mol. The van der Waals surface area contributed by atoms with Crippen molar-refractivity contribution in [3.05, 3.63) is 59.1 Å². The Bertz CT molecular complexity index is 934. The summed E-state index contributed by atoms with van der Waals surface area (Å²) in [6.45, 7) is 0.601. The van der Waals surface area contributed by atoms with Crippen LogP contribution >= 0.6 is 11.6 Å². The number of sulfonamides is 1. The molecule has 1 amide bonds. The van der Waals surface area contributed by atoms with E-state index in [2.05, 4.69) is 5.32 Å². The lowest BCUT2D eigenvalue weighted by atomic mass is 9.98. The number of amides is 1. The van der Waals surface area contributed by atoms with Gasteiger partial charge in [0.15, 0.2) is 0 Å². The Hall–Kier alpha value is -2.09. The van der Waals surface area contributed by atoms with Crippen molar-refractivity contribution < 1.29 is 17.9 Å². The van der Waals surface area contributed by atoms with E-state index in [0.29, 0.717) is 35.8 Å². The van der Waals surface area contributed by atoms with Crippen LogP contribution in [0, 0.1) is 5.92 Å². The van der Waals surface area contributed by atoms with Gasteiger partial charge in [0.05, 0.1) is 24.5 Å². The van der Waals surface area contributed by atoms with Crippen LogP contribution in [-0.4, -0.2) is 38.8 Å². The van der Waals surface area contributed by atoms with Crippen molar-refractivity contribution in [1.82, 2.24) is 4.31 Å². The molecule has 1 unspecified atom stereocenters. The van der Waals surface area contributed by atoms with Crippen molar-refractivity contribution in [2.24, 2.45) is 5.92 Å². The largest absolute Gasteiger partial charge is 0.495 e. The highest BCUT2D eigenvalue weighted by molar-refractivity contribution is 7.88. The molecule has 150 valence electrons. The maximum absolute atomic E-state index is 12.8. The summed E-state index contributed by atoms with van der Waals surface area (Å²) in [5.74, 6) is -0.227. The third-order valence-electron chi connectivity index (χ3n) is 4.76. The van der Waals surface area contributed by atoms with Crippen LogP contribution < -0.4 is 10.1 Å². The Morgan fingerprint density at radius 3 is 2.71 bits per heavy atom. The normalized spacial score (nSPS) is 17.9. The van der Waals surface area contributed by atoms with E-state index in [1.807, 2.05) is 18.2 Å². The summed E-state index contributed by atoms with van der Waals surface area (Å²) in [4.78, 5) is 12.7. The topological polar surface area (TPSA) is 75.7 Å². The summed E-state index contributed by atoms with van der Waals surface area (Å²) < 4.78 is 32.2. The van der Waals surface area contributed by atoms with E-state index in [1.54, 1.807) is 30.3 Å². The van der Waals surface area contributed by atoms with Crippen molar-refractivity contribution in [1.29, 1.82) is 0 Å². The van der Waals surface area contributed by atoms with Crippen molar-refractivity contribution in [3.8, 4) is 5.75 Å². The number of nitrogens with one attached hydrogen (secondary N) is 1. The number of carbonyl (C=O) groups excluding carboxylic acids is 1. The van der Waals surface area contributed by atoms with E-state index in [1.165, 1.54) is 11.4 Å². The molecule has 0 spiro atoms. The Labute approximate surface area is 170 Å². The third kappa shape index (κ3) is 5.04. The number of halogens is 1. The number of methoxy groups -OCH3 is 1. The molecule has 0 bridgehead atoms. The predicted octanol–water partition coefficient (Wildman–Crippen LogP) is 3.53. The Kier molecular flexibility index (Phi) is 6.59. The van der Waals surface area contributed by atoms with Gasteiger partial charge in [0.25, 0.3) is 0 Å². The fourth-order valence-corrected chi connectivity index (χ4v) is 5.08. The molecule has 1 fully saturated rings. The van der Waals surface area contributed by atoms with Crippen LogP contribution in [0.2, 0.25) is 5.02 Å². The molecular formula is C20H23ClN2O4S. The van der Waals surface area contributed by atoms with Gasteiger partial charge in [-0.25, -0.2) is 12.7 Å². The zero-order chi connectivity index (χ0) is 20.1. The second-order valence-electron chi connectivity index (χ2n) is 6.77. The fourth-order valence-electron chi connectivity index (χ4n) is 3.30. The predicted molar refractivity (Wildman–Crippen MR) is 110 cm³/mol. The average molecular weight is 423 g/mol. The van der Waals surface area contributed by atoms with E-state index in [4.69, 9.17) is 16.3 Å². The molecule has 8 heteroatoms. The average Bonchev–Trinajstić information content (AvgIpc) is 2.69. The van der Waals surface area contributed by atoms with Gasteiger partial charge in [-0.15, -0.1) is 0 Å². The molecule has 0 radical (unpaired) electrons. The van der Waals surface area contributed by atoms with Crippen LogP contribution in [0.15, 0.2) is 48.5 Å². The number of ether oxygens (including phenoxy) is 1. The van der Waals surface area contributed by atoms with E-state index < -0.39 is 15.9 Å². The van der Waals surface area contributed by atoms with Crippen molar-refractivity contribution >= 4 is 33.2 Å². The summed E-state index contributed by atoms with van der Waals surface area (Å²) >= 11 is 6.01. The van der Waals surface area contributed by atoms with Gasteiger partial charge in [-0.1, -0.05) is 41.9 Å². The minimum Gasteiger partial charge on any atom is -0.495 e. The van der Waals surface area contributed by atoms with Gasteiger partial charge < -0.3 is 10.1 Å². The smallest absolute Gasteiger partial charge is 0.228 e. The molecule has 1 aliphatic rings. The van der Waals surface area contributed by atoms with E-state index in [9.17, 15) is 13.2 Å². The highest BCUT2D eigenvalue weighted by Gasteiger charge is 2.32. The number of anilines is 1. The Morgan fingerprint density at radius 1 is 1.25 bits per heavy atom. The van der Waals surface area contributed by atoms with Crippen LogP contribution in [0.3, 0.4) is 0 Å². The Morgan fingerprint density at radius 2 is 2.00 bits per heavy atom. The third-order valence-corrected chi connectivity index (χ3v) is 6.81.